The summed E-state index contributed by atoms with van der Waals surface area (Å²) in [6.45, 7) is 4.48. The van der Waals surface area contributed by atoms with E-state index in [4.69, 9.17) is 0 Å². The van der Waals surface area contributed by atoms with Gasteiger partial charge >= 0.3 is 5.97 Å². The number of allylic oxidation sites excluding steroid dienone is 1. The Labute approximate surface area is 214 Å². The highest BCUT2D eigenvalue weighted by atomic mass is 16.4. The topological polar surface area (TPSA) is 50.2 Å². The molecule has 0 aliphatic carbocycles. The van der Waals surface area contributed by atoms with E-state index in [2.05, 4.69) is 37.0 Å². The second kappa shape index (κ2) is 17.9. The van der Waals surface area contributed by atoms with Gasteiger partial charge in [0.1, 0.15) is 0 Å². The van der Waals surface area contributed by atoms with Gasteiger partial charge in [0.2, 0.25) is 0 Å². The van der Waals surface area contributed by atoms with Crippen LogP contribution < -0.4 is 0 Å². The van der Waals surface area contributed by atoms with Crippen LogP contribution in [-0.2, 0) is 11.2 Å². The van der Waals surface area contributed by atoms with Gasteiger partial charge in [-0.05, 0) is 36.5 Å². The standard InChI is InChI=1S/C32H47NO2/c1-3-5-7-9-11-12-15-19-27-23-24-31(33-26-27)30(32(34)35)25-29(28-20-17-14-18-21-28)22-16-13-10-8-6-4-2/h14,17-18,20-21,23-26,29H,3-13,15-16,19,22H2,1-2H3,(H,34,35)/b30-25+. The molecule has 0 aliphatic heterocycles. The number of pyridine rings is 1. The summed E-state index contributed by atoms with van der Waals surface area (Å²) in [5.74, 6) is -0.816. The van der Waals surface area contributed by atoms with Gasteiger partial charge < -0.3 is 5.11 Å². The Hall–Kier alpha value is -2.42. The number of aromatic nitrogens is 1. The molecule has 2 aromatic rings. The SMILES string of the molecule is CCCCCCCCCc1ccc(/C(=C\C(CCCCCCCC)c2ccccc2)C(=O)O)nc1. The second-order valence-electron chi connectivity index (χ2n) is 9.88. The van der Waals surface area contributed by atoms with Crippen molar-refractivity contribution in [3.8, 4) is 0 Å². The van der Waals surface area contributed by atoms with Crippen molar-refractivity contribution in [1.82, 2.24) is 4.98 Å². The lowest BCUT2D eigenvalue weighted by molar-refractivity contribution is -0.130. The molecule has 0 spiro atoms. The van der Waals surface area contributed by atoms with Crippen LogP contribution in [0.2, 0.25) is 0 Å². The van der Waals surface area contributed by atoms with E-state index in [1.807, 2.05) is 36.5 Å². The number of hydrogen-bond donors (Lipinski definition) is 1. The highest BCUT2D eigenvalue weighted by molar-refractivity contribution is 6.14. The number of rotatable bonds is 19. The van der Waals surface area contributed by atoms with Gasteiger partial charge in [-0.25, -0.2) is 4.79 Å². The van der Waals surface area contributed by atoms with Gasteiger partial charge in [0.25, 0.3) is 0 Å². The van der Waals surface area contributed by atoms with E-state index in [1.165, 1.54) is 88.2 Å². The molecule has 0 aliphatic rings. The fraction of sp³-hybridized carbons (Fsp3) is 0.562. The molecule has 0 radical (unpaired) electrons. The van der Waals surface area contributed by atoms with E-state index in [0.29, 0.717) is 11.3 Å². The minimum atomic E-state index is -0.902. The maximum atomic E-state index is 12.2. The molecular formula is C32H47NO2. The van der Waals surface area contributed by atoms with E-state index in [1.54, 1.807) is 0 Å². The monoisotopic (exact) mass is 477 g/mol. The van der Waals surface area contributed by atoms with Crippen LogP contribution in [0.5, 0.6) is 0 Å². The number of benzene rings is 1. The molecule has 1 heterocycles. The quantitative estimate of drug-likeness (QED) is 0.162. The van der Waals surface area contributed by atoms with Crippen LogP contribution in [0.4, 0.5) is 0 Å². The maximum absolute atomic E-state index is 12.2. The number of unbranched alkanes of at least 4 members (excludes halogenated alkanes) is 11. The van der Waals surface area contributed by atoms with E-state index >= 15 is 0 Å². The fourth-order valence-corrected chi connectivity index (χ4v) is 4.68. The molecule has 192 valence electrons. The highest BCUT2D eigenvalue weighted by Gasteiger charge is 2.17. The summed E-state index contributed by atoms with van der Waals surface area (Å²) in [5.41, 5.74) is 3.24. The summed E-state index contributed by atoms with van der Waals surface area (Å²) in [4.78, 5) is 16.8. The number of aryl methyl sites for hydroxylation is 1. The lowest BCUT2D eigenvalue weighted by Crippen LogP contribution is -2.06. The molecule has 0 amide bonds. The number of nitrogens with zero attached hydrogens (tertiary/aromatic N) is 1. The third kappa shape index (κ3) is 11.7. The van der Waals surface area contributed by atoms with Gasteiger partial charge in [-0.3, -0.25) is 4.98 Å². The highest BCUT2D eigenvalue weighted by Crippen LogP contribution is 2.28. The normalized spacial score (nSPS) is 12.6. The molecule has 35 heavy (non-hydrogen) atoms. The lowest BCUT2D eigenvalue weighted by atomic mass is 9.90. The van der Waals surface area contributed by atoms with Crippen LogP contribution in [-0.4, -0.2) is 16.1 Å². The summed E-state index contributed by atoms with van der Waals surface area (Å²) in [7, 11) is 0. The molecule has 1 aromatic heterocycles. The molecule has 3 heteroatoms. The molecular weight excluding hydrogens is 430 g/mol. The second-order valence-corrected chi connectivity index (χ2v) is 9.88. The zero-order valence-corrected chi connectivity index (χ0v) is 22.2. The largest absolute Gasteiger partial charge is 0.478 e. The zero-order valence-electron chi connectivity index (χ0n) is 22.2. The molecule has 0 bridgehead atoms. The van der Waals surface area contributed by atoms with Gasteiger partial charge in [-0.15, -0.1) is 0 Å². The molecule has 1 aromatic carbocycles. The Bertz CT molecular complexity index is 842. The summed E-state index contributed by atoms with van der Waals surface area (Å²) in [5, 5.41) is 10.0. The molecule has 1 unspecified atom stereocenters. The predicted octanol–water partition coefficient (Wildman–Crippen LogP) is 9.38. The predicted molar refractivity (Wildman–Crippen MR) is 149 cm³/mol. The van der Waals surface area contributed by atoms with Crippen molar-refractivity contribution in [2.75, 3.05) is 0 Å². The van der Waals surface area contributed by atoms with Gasteiger partial charge in [0, 0.05) is 12.1 Å². The van der Waals surface area contributed by atoms with Crippen molar-refractivity contribution in [1.29, 1.82) is 0 Å². The van der Waals surface area contributed by atoms with Gasteiger partial charge in [-0.2, -0.15) is 0 Å². The maximum Gasteiger partial charge on any atom is 0.337 e. The van der Waals surface area contributed by atoms with Crippen molar-refractivity contribution in [2.45, 2.75) is 116 Å². The molecule has 1 N–H and O–H groups in total. The van der Waals surface area contributed by atoms with Crippen LogP contribution in [0.3, 0.4) is 0 Å². The molecule has 0 fully saturated rings. The summed E-state index contributed by atoms with van der Waals surface area (Å²) < 4.78 is 0. The average molecular weight is 478 g/mol. The number of carboxylic acids is 1. The van der Waals surface area contributed by atoms with Gasteiger partial charge in [0.05, 0.1) is 11.3 Å². The third-order valence-electron chi connectivity index (χ3n) is 6.86. The van der Waals surface area contributed by atoms with Crippen LogP contribution in [0.1, 0.15) is 126 Å². The van der Waals surface area contributed by atoms with Crippen molar-refractivity contribution in [2.24, 2.45) is 0 Å². The Morgan fingerprint density at radius 3 is 1.97 bits per heavy atom. The fourth-order valence-electron chi connectivity index (χ4n) is 4.68. The number of carbonyl (C=O) groups is 1. The van der Waals surface area contributed by atoms with E-state index < -0.39 is 5.97 Å². The van der Waals surface area contributed by atoms with Crippen molar-refractivity contribution in [3.05, 3.63) is 71.6 Å². The Kier molecular flexibility index (Phi) is 14.8. The van der Waals surface area contributed by atoms with Crippen molar-refractivity contribution >= 4 is 11.5 Å². The smallest absolute Gasteiger partial charge is 0.337 e. The van der Waals surface area contributed by atoms with Gasteiger partial charge in [0.15, 0.2) is 0 Å². The minimum Gasteiger partial charge on any atom is -0.478 e. The van der Waals surface area contributed by atoms with Crippen LogP contribution >= 0.6 is 0 Å². The summed E-state index contributed by atoms with van der Waals surface area (Å²) in [6, 6.07) is 14.2. The van der Waals surface area contributed by atoms with Crippen molar-refractivity contribution in [3.63, 3.8) is 0 Å². The number of hydrogen-bond acceptors (Lipinski definition) is 2. The first-order valence-corrected chi connectivity index (χ1v) is 14.1. The lowest BCUT2D eigenvalue weighted by Gasteiger charge is -2.15. The Balaban J connectivity index is 2.01. The van der Waals surface area contributed by atoms with E-state index in [-0.39, 0.29) is 5.92 Å². The van der Waals surface area contributed by atoms with E-state index in [0.717, 1.165) is 19.3 Å². The zero-order chi connectivity index (χ0) is 25.1. The molecule has 0 saturated carbocycles. The van der Waals surface area contributed by atoms with Crippen LogP contribution in [0, 0.1) is 0 Å². The summed E-state index contributed by atoms with van der Waals surface area (Å²) in [6.07, 6.45) is 22.2. The molecule has 3 nitrogen and oxygen atoms in total. The van der Waals surface area contributed by atoms with Crippen molar-refractivity contribution < 1.29 is 9.90 Å². The average Bonchev–Trinajstić information content (AvgIpc) is 2.88. The first-order valence-electron chi connectivity index (χ1n) is 14.1. The first kappa shape index (κ1) is 28.8. The molecule has 2 rings (SSSR count). The van der Waals surface area contributed by atoms with Crippen LogP contribution in [0.25, 0.3) is 5.57 Å². The van der Waals surface area contributed by atoms with Gasteiger partial charge in [-0.1, -0.05) is 133 Å². The Morgan fingerprint density at radius 2 is 1.40 bits per heavy atom. The number of carboxylic acid groups (broad SMARTS) is 1. The molecule has 0 saturated heterocycles. The molecule has 1 atom stereocenters. The Morgan fingerprint density at radius 1 is 0.800 bits per heavy atom. The summed E-state index contributed by atoms with van der Waals surface area (Å²) >= 11 is 0. The van der Waals surface area contributed by atoms with Crippen LogP contribution in [0.15, 0.2) is 54.7 Å². The minimum absolute atomic E-state index is 0.0858. The number of aliphatic carboxylic acids is 1. The third-order valence-corrected chi connectivity index (χ3v) is 6.86. The first-order chi connectivity index (χ1) is 17.2. The van der Waals surface area contributed by atoms with E-state index in [9.17, 15) is 9.90 Å².